The van der Waals surface area contributed by atoms with Crippen LogP contribution in [0.1, 0.15) is 46.7 Å². The lowest BCUT2D eigenvalue weighted by Gasteiger charge is -2.38. The number of aromatic nitrogens is 2. The topological polar surface area (TPSA) is 135 Å². The average molecular weight is 569 g/mol. The van der Waals surface area contributed by atoms with E-state index in [2.05, 4.69) is 6.07 Å². The van der Waals surface area contributed by atoms with Gasteiger partial charge in [0.15, 0.2) is 0 Å². The van der Waals surface area contributed by atoms with Crippen LogP contribution in [0.25, 0.3) is 22.3 Å². The molecule has 0 aliphatic carbocycles. The highest BCUT2D eigenvalue weighted by molar-refractivity contribution is 7.50. The Kier molecular flexibility index (Phi) is 5.79. The molecule has 4 aromatic rings. The van der Waals surface area contributed by atoms with Gasteiger partial charge < -0.3 is 14.2 Å². The van der Waals surface area contributed by atoms with Gasteiger partial charge in [0, 0.05) is 29.6 Å². The predicted molar refractivity (Wildman–Crippen MR) is 148 cm³/mol. The van der Waals surface area contributed by atoms with Crippen molar-refractivity contribution in [2.45, 2.75) is 51.6 Å². The summed E-state index contributed by atoms with van der Waals surface area (Å²) in [5.74, 6) is -0.816. The minimum atomic E-state index is -4.59. The zero-order chi connectivity index (χ0) is 28.5. The molecule has 0 radical (unpaired) electrons. The van der Waals surface area contributed by atoms with Gasteiger partial charge in [-0.3, -0.25) is 9.32 Å². The normalized spacial score (nSPS) is 20.5. The van der Waals surface area contributed by atoms with E-state index in [4.69, 9.17) is 19.5 Å². The third kappa shape index (κ3) is 3.89. The van der Waals surface area contributed by atoms with Crippen LogP contribution < -0.4 is 5.56 Å². The fourth-order valence-corrected chi connectivity index (χ4v) is 7.62. The number of cyclic esters (lactones) is 1. The van der Waals surface area contributed by atoms with Gasteiger partial charge in [0.05, 0.1) is 41.5 Å². The number of hydrogen-bond acceptors (Lipinski definition) is 7. The third-order valence-corrected chi connectivity index (χ3v) is 9.82. The summed E-state index contributed by atoms with van der Waals surface area (Å²) in [6.07, 6.45) is 0.202. The lowest BCUT2D eigenvalue weighted by atomic mass is 9.86. The van der Waals surface area contributed by atoms with Crippen LogP contribution in [0, 0.1) is 11.3 Å². The van der Waals surface area contributed by atoms with Crippen molar-refractivity contribution >= 4 is 24.6 Å². The average Bonchev–Trinajstić information content (AvgIpc) is 3.56. The van der Waals surface area contributed by atoms with Gasteiger partial charge in [-0.2, -0.15) is 5.26 Å². The van der Waals surface area contributed by atoms with Crippen molar-refractivity contribution in [2.24, 2.45) is 0 Å². The van der Waals surface area contributed by atoms with E-state index in [-0.39, 0.29) is 49.2 Å². The van der Waals surface area contributed by atoms with E-state index in [1.54, 1.807) is 17.6 Å². The van der Waals surface area contributed by atoms with Crippen molar-refractivity contribution in [3.05, 3.63) is 98.3 Å². The SMILES string of the molecule is CC[C@@]1(OP(=O)(O)N2Cc3ccc(CC#N)cc3C2)C(=O)OCc2c1cc1n(c2=O)Cc2cc3ccccc3nc2-1. The van der Waals surface area contributed by atoms with E-state index in [1.807, 2.05) is 48.5 Å². The Morgan fingerprint density at radius 1 is 1.10 bits per heavy atom. The number of esters is 1. The van der Waals surface area contributed by atoms with Gasteiger partial charge >= 0.3 is 13.7 Å². The van der Waals surface area contributed by atoms with E-state index in [0.29, 0.717) is 17.9 Å². The second-order valence-corrected chi connectivity index (χ2v) is 12.3. The first kappa shape index (κ1) is 25.8. The number of benzene rings is 2. The molecule has 1 unspecified atom stereocenters. The maximum atomic E-state index is 13.8. The summed E-state index contributed by atoms with van der Waals surface area (Å²) in [5, 5.41) is 9.99. The quantitative estimate of drug-likeness (QED) is 0.243. The maximum Gasteiger partial charge on any atom is 0.407 e. The van der Waals surface area contributed by atoms with Crippen LogP contribution in [-0.2, 0) is 56.9 Å². The van der Waals surface area contributed by atoms with E-state index in [9.17, 15) is 19.0 Å². The zero-order valence-corrected chi connectivity index (χ0v) is 23.1. The van der Waals surface area contributed by atoms with E-state index in [1.165, 1.54) is 4.67 Å². The van der Waals surface area contributed by atoms with Crippen LogP contribution in [0.3, 0.4) is 0 Å². The first-order valence-corrected chi connectivity index (χ1v) is 14.9. The molecule has 0 bridgehead atoms. The van der Waals surface area contributed by atoms with Crippen LogP contribution in [0.5, 0.6) is 0 Å². The molecule has 2 aromatic carbocycles. The third-order valence-electron chi connectivity index (χ3n) is 8.28. The lowest BCUT2D eigenvalue weighted by Crippen LogP contribution is -2.46. The first-order valence-electron chi connectivity index (χ1n) is 13.3. The van der Waals surface area contributed by atoms with Gasteiger partial charge in [0.25, 0.3) is 5.56 Å². The minimum Gasteiger partial charge on any atom is -0.458 e. The summed E-state index contributed by atoms with van der Waals surface area (Å²) >= 11 is 0. The number of pyridine rings is 2. The van der Waals surface area contributed by atoms with Crippen LogP contribution in [0.2, 0.25) is 0 Å². The number of nitrogens with zero attached hydrogens (tertiary/aromatic N) is 4. The predicted octanol–water partition coefficient (Wildman–Crippen LogP) is 4.29. The highest BCUT2D eigenvalue weighted by Crippen LogP contribution is 2.57. The Bertz CT molecular complexity index is 1950. The van der Waals surface area contributed by atoms with E-state index in [0.717, 1.165) is 33.2 Å². The number of ether oxygens (including phenoxy) is 1. The van der Waals surface area contributed by atoms with Crippen molar-refractivity contribution in [1.82, 2.24) is 14.2 Å². The smallest absolute Gasteiger partial charge is 0.407 e. The fraction of sp³-hybridized carbons (Fsp3) is 0.267. The van der Waals surface area contributed by atoms with Crippen LogP contribution in [-0.4, -0.2) is 25.1 Å². The van der Waals surface area contributed by atoms with Crippen molar-refractivity contribution in [3.8, 4) is 17.5 Å². The molecule has 0 amide bonds. The molecule has 0 saturated heterocycles. The van der Waals surface area contributed by atoms with Crippen molar-refractivity contribution < 1.29 is 23.5 Å². The van der Waals surface area contributed by atoms with Crippen LogP contribution >= 0.6 is 7.75 Å². The molecule has 41 heavy (non-hydrogen) atoms. The Morgan fingerprint density at radius 3 is 2.71 bits per heavy atom. The number of fused-ring (bicyclic) bond motifs is 6. The number of para-hydroxylation sites is 1. The molecule has 11 heteroatoms. The standard InChI is InChI=1S/C30H25N4O6P/c1-2-30(40-41(37,38)33-14-20-8-7-18(9-10-31)11-21(20)15-33)24-13-26-27-22(12-19-5-3-4-6-25(19)32-27)16-34(26)28(35)23(24)17-39-29(30)36/h3-8,11-13H,2,9,14-17H2,1H3,(H,37,38)/t30-/m0/s1. The summed E-state index contributed by atoms with van der Waals surface area (Å²) in [7, 11) is -4.59. The lowest BCUT2D eigenvalue weighted by molar-refractivity contribution is -0.170. The van der Waals surface area contributed by atoms with Gasteiger partial charge in [-0.25, -0.2) is 19.0 Å². The van der Waals surface area contributed by atoms with Crippen molar-refractivity contribution in [3.63, 3.8) is 0 Å². The van der Waals surface area contributed by atoms with Crippen LogP contribution in [0.4, 0.5) is 0 Å². The molecule has 5 heterocycles. The molecule has 206 valence electrons. The molecular weight excluding hydrogens is 543 g/mol. The minimum absolute atomic E-state index is 0.0304. The number of carbonyl (C=O) groups is 1. The summed E-state index contributed by atoms with van der Waals surface area (Å²) in [6, 6.07) is 19.0. The highest BCUT2D eigenvalue weighted by Gasteiger charge is 2.53. The Morgan fingerprint density at radius 2 is 1.90 bits per heavy atom. The zero-order valence-electron chi connectivity index (χ0n) is 22.2. The Balaban J connectivity index is 1.30. The molecule has 0 spiro atoms. The van der Waals surface area contributed by atoms with Gasteiger partial charge in [0.2, 0.25) is 5.60 Å². The second kappa shape index (κ2) is 9.20. The van der Waals surface area contributed by atoms with Crippen LogP contribution in [0.15, 0.2) is 59.4 Å². The number of rotatable bonds is 5. The number of nitriles is 1. The van der Waals surface area contributed by atoms with Crippen molar-refractivity contribution in [1.29, 1.82) is 5.26 Å². The molecule has 0 saturated carbocycles. The summed E-state index contributed by atoms with van der Waals surface area (Å²) in [5.41, 5.74) is 3.41. The van der Waals surface area contributed by atoms with Crippen molar-refractivity contribution in [2.75, 3.05) is 0 Å². The van der Waals surface area contributed by atoms with Gasteiger partial charge in [-0.15, -0.1) is 0 Å². The molecular formula is C30H25N4O6P. The second-order valence-electron chi connectivity index (χ2n) is 10.6. The largest absolute Gasteiger partial charge is 0.458 e. The monoisotopic (exact) mass is 568 g/mol. The molecule has 7 rings (SSSR count). The van der Waals surface area contributed by atoms with E-state index < -0.39 is 19.3 Å². The highest BCUT2D eigenvalue weighted by atomic mass is 31.2. The Hall–Kier alpha value is -4.13. The van der Waals surface area contributed by atoms with E-state index >= 15 is 0 Å². The molecule has 1 N–H and O–H groups in total. The number of hydrogen-bond donors (Lipinski definition) is 1. The molecule has 10 nitrogen and oxygen atoms in total. The molecule has 2 atom stereocenters. The summed E-state index contributed by atoms with van der Waals surface area (Å²) in [6.45, 7) is 1.97. The Labute approximate surface area is 235 Å². The van der Waals surface area contributed by atoms with Gasteiger partial charge in [-0.05, 0) is 41.3 Å². The summed E-state index contributed by atoms with van der Waals surface area (Å²) < 4.78 is 28.1. The molecule has 3 aliphatic rings. The molecule has 3 aliphatic heterocycles. The summed E-state index contributed by atoms with van der Waals surface area (Å²) in [4.78, 5) is 43.3. The number of carbonyl (C=O) groups excluding carboxylic acids is 1. The fourth-order valence-electron chi connectivity index (χ4n) is 6.14. The van der Waals surface area contributed by atoms with Gasteiger partial charge in [-0.1, -0.05) is 43.3 Å². The molecule has 0 fully saturated rings. The van der Waals surface area contributed by atoms with Gasteiger partial charge in [0.1, 0.15) is 6.61 Å². The maximum absolute atomic E-state index is 13.8. The first-order chi connectivity index (χ1) is 19.7. The molecule has 2 aromatic heterocycles.